The zero-order valence-corrected chi connectivity index (χ0v) is 12.0. The van der Waals surface area contributed by atoms with Gasteiger partial charge in [0, 0.05) is 18.2 Å². The summed E-state index contributed by atoms with van der Waals surface area (Å²) in [5.41, 5.74) is 2.06. The van der Waals surface area contributed by atoms with Crippen molar-refractivity contribution in [2.24, 2.45) is 0 Å². The average Bonchev–Trinajstić information content (AvgIpc) is 2.47. The molecule has 5 nitrogen and oxygen atoms in total. The number of carboxylic acid groups (broad SMARTS) is 1. The van der Waals surface area contributed by atoms with E-state index in [9.17, 15) is 9.59 Å². The van der Waals surface area contributed by atoms with Crippen molar-refractivity contribution in [3.05, 3.63) is 41.0 Å². The molecule has 1 heterocycles. The molecule has 2 rings (SSSR count). The van der Waals surface area contributed by atoms with Crippen LogP contribution in [-0.4, -0.2) is 36.2 Å². The van der Waals surface area contributed by atoms with Crippen LogP contribution in [0, 0.1) is 6.92 Å². The molecule has 5 heteroatoms. The van der Waals surface area contributed by atoms with Crippen molar-refractivity contribution in [1.82, 2.24) is 5.32 Å². The molecule has 0 saturated carbocycles. The van der Waals surface area contributed by atoms with Crippen LogP contribution in [0.5, 0.6) is 0 Å². The molecule has 1 aromatic carbocycles. The summed E-state index contributed by atoms with van der Waals surface area (Å²) < 4.78 is 5.35. The highest BCUT2D eigenvalue weighted by atomic mass is 16.5. The zero-order valence-electron chi connectivity index (χ0n) is 12.0. The lowest BCUT2D eigenvalue weighted by Gasteiger charge is -2.23. The van der Waals surface area contributed by atoms with Gasteiger partial charge in [-0.05, 0) is 43.0 Å². The fourth-order valence-electron chi connectivity index (χ4n) is 2.36. The van der Waals surface area contributed by atoms with E-state index in [1.807, 2.05) is 6.92 Å². The Kier molecular flexibility index (Phi) is 5.11. The third-order valence-electron chi connectivity index (χ3n) is 3.52. The second-order valence-corrected chi connectivity index (χ2v) is 5.08. The number of carboxylic acids is 1. The molecule has 0 radical (unpaired) electrons. The molecule has 0 bridgehead atoms. The maximum atomic E-state index is 12.3. The molecule has 0 spiro atoms. The van der Waals surface area contributed by atoms with Crippen LogP contribution in [0.3, 0.4) is 0 Å². The van der Waals surface area contributed by atoms with Gasteiger partial charge in [-0.15, -0.1) is 0 Å². The van der Waals surface area contributed by atoms with Gasteiger partial charge in [-0.2, -0.15) is 0 Å². The molecule has 2 N–H and O–H groups in total. The monoisotopic (exact) mass is 289 g/mol. The van der Waals surface area contributed by atoms with Crippen LogP contribution in [0.4, 0.5) is 0 Å². The molecule has 1 saturated heterocycles. The maximum Gasteiger partial charge on any atom is 0.328 e. The van der Waals surface area contributed by atoms with Crippen molar-refractivity contribution in [1.29, 1.82) is 0 Å². The van der Waals surface area contributed by atoms with Crippen molar-refractivity contribution in [2.75, 3.05) is 13.2 Å². The van der Waals surface area contributed by atoms with Crippen molar-refractivity contribution in [3.8, 4) is 0 Å². The summed E-state index contributed by atoms with van der Waals surface area (Å²) in [6.07, 6.45) is 4.44. The highest BCUT2D eigenvalue weighted by Crippen LogP contribution is 2.16. The van der Waals surface area contributed by atoms with Crippen LogP contribution in [-0.2, 0) is 9.53 Å². The minimum Gasteiger partial charge on any atom is -0.478 e. The first-order valence-corrected chi connectivity index (χ1v) is 6.97. The fraction of sp³-hybridized carbons (Fsp3) is 0.375. The van der Waals surface area contributed by atoms with Crippen LogP contribution in [0.25, 0.3) is 6.08 Å². The number of amides is 1. The highest BCUT2D eigenvalue weighted by molar-refractivity contribution is 5.97. The second-order valence-electron chi connectivity index (χ2n) is 5.08. The van der Waals surface area contributed by atoms with Crippen LogP contribution in [0.2, 0.25) is 0 Å². The lowest BCUT2D eigenvalue weighted by atomic mass is 10.0. The Balaban J connectivity index is 2.13. The number of hydrogen-bond donors (Lipinski definition) is 2. The zero-order chi connectivity index (χ0) is 15.2. The molecule has 112 valence electrons. The predicted octanol–water partition coefficient (Wildman–Crippen LogP) is 2.00. The summed E-state index contributed by atoms with van der Waals surface area (Å²) >= 11 is 0. The van der Waals surface area contributed by atoms with E-state index < -0.39 is 5.97 Å². The summed E-state index contributed by atoms with van der Waals surface area (Å²) in [5, 5.41) is 11.6. The van der Waals surface area contributed by atoms with Gasteiger partial charge in [0.1, 0.15) is 0 Å². The van der Waals surface area contributed by atoms with Gasteiger partial charge in [0.2, 0.25) is 0 Å². The lowest BCUT2D eigenvalue weighted by Crippen LogP contribution is -2.40. The molecule has 1 aromatic rings. The fourth-order valence-corrected chi connectivity index (χ4v) is 2.36. The van der Waals surface area contributed by atoms with Gasteiger partial charge >= 0.3 is 5.97 Å². The smallest absolute Gasteiger partial charge is 0.328 e. The van der Waals surface area contributed by atoms with E-state index in [2.05, 4.69) is 5.32 Å². The number of aliphatic carboxylic acids is 1. The minimum atomic E-state index is -1.01. The first-order valence-electron chi connectivity index (χ1n) is 6.97. The second kappa shape index (κ2) is 7.04. The number of hydrogen-bond acceptors (Lipinski definition) is 3. The molecule has 1 atom stereocenters. The minimum absolute atomic E-state index is 0.0452. The summed E-state index contributed by atoms with van der Waals surface area (Å²) in [6, 6.07) is 5.33. The molecule has 0 aromatic heterocycles. The van der Waals surface area contributed by atoms with Crippen molar-refractivity contribution < 1.29 is 19.4 Å². The Morgan fingerprint density at radius 3 is 2.90 bits per heavy atom. The van der Waals surface area contributed by atoms with Crippen molar-refractivity contribution >= 4 is 18.0 Å². The number of nitrogens with one attached hydrogen (secondary N) is 1. The predicted molar refractivity (Wildman–Crippen MR) is 79.2 cm³/mol. The summed E-state index contributed by atoms with van der Waals surface area (Å²) in [4.78, 5) is 22.9. The van der Waals surface area contributed by atoms with E-state index in [1.165, 1.54) is 6.08 Å². The Morgan fingerprint density at radius 2 is 2.24 bits per heavy atom. The molecular formula is C16H19NO4. The van der Waals surface area contributed by atoms with E-state index >= 15 is 0 Å². The van der Waals surface area contributed by atoms with Crippen LogP contribution >= 0.6 is 0 Å². The molecule has 21 heavy (non-hydrogen) atoms. The van der Waals surface area contributed by atoms with Gasteiger partial charge in [-0.1, -0.05) is 12.1 Å². The van der Waals surface area contributed by atoms with E-state index in [4.69, 9.17) is 9.84 Å². The van der Waals surface area contributed by atoms with E-state index in [0.29, 0.717) is 12.2 Å². The maximum absolute atomic E-state index is 12.3. The van der Waals surface area contributed by atoms with Gasteiger partial charge in [0.15, 0.2) is 0 Å². The van der Waals surface area contributed by atoms with E-state index in [1.54, 1.807) is 18.2 Å². The SMILES string of the molecule is Cc1c(C=CC(=O)O)cccc1C(=O)NC1CCCOC1. The summed E-state index contributed by atoms with van der Waals surface area (Å²) in [6.45, 7) is 3.11. The van der Waals surface area contributed by atoms with Crippen molar-refractivity contribution in [3.63, 3.8) is 0 Å². The standard InChI is InChI=1S/C16H19NO4/c1-11-12(7-8-15(18)19)4-2-6-14(11)16(20)17-13-5-3-9-21-10-13/h2,4,6-8,13H,3,5,9-10H2,1H3,(H,17,20)(H,18,19). The van der Waals surface area contributed by atoms with Crippen LogP contribution in [0.15, 0.2) is 24.3 Å². The van der Waals surface area contributed by atoms with E-state index in [-0.39, 0.29) is 11.9 Å². The first-order chi connectivity index (χ1) is 10.1. The van der Waals surface area contributed by atoms with E-state index in [0.717, 1.165) is 36.7 Å². The molecule has 0 aliphatic carbocycles. The third kappa shape index (κ3) is 4.16. The molecule has 1 aliphatic heterocycles. The lowest BCUT2D eigenvalue weighted by molar-refractivity contribution is -0.131. The Hall–Kier alpha value is -2.14. The van der Waals surface area contributed by atoms with Gasteiger partial charge in [0.25, 0.3) is 5.91 Å². The quantitative estimate of drug-likeness (QED) is 0.831. The number of benzene rings is 1. The topological polar surface area (TPSA) is 75.6 Å². The first kappa shape index (κ1) is 15.3. The number of carbonyl (C=O) groups is 2. The number of rotatable bonds is 4. The molecule has 1 amide bonds. The molecule has 1 unspecified atom stereocenters. The Bertz CT molecular complexity index is 559. The Morgan fingerprint density at radius 1 is 1.43 bits per heavy atom. The molecule has 1 aliphatic rings. The largest absolute Gasteiger partial charge is 0.478 e. The van der Waals surface area contributed by atoms with Gasteiger partial charge in [0.05, 0.1) is 12.6 Å². The van der Waals surface area contributed by atoms with Gasteiger partial charge in [-0.25, -0.2) is 4.79 Å². The third-order valence-corrected chi connectivity index (χ3v) is 3.52. The number of carbonyl (C=O) groups excluding carboxylic acids is 1. The average molecular weight is 289 g/mol. The summed E-state index contributed by atoms with van der Waals surface area (Å²) in [7, 11) is 0. The molecule has 1 fully saturated rings. The van der Waals surface area contributed by atoms with Crippen LogP contribution < -0.4 is 5.32 Å². The van der Waals surface area contributed by atoms with Crippen LogP contribution in [0.1, 0.15) is 34.3 Å². The molecular weight excluding hydrogens is 270 g/mol. The van der Waals surface area contributed by atoms with Crippen molar-refractivity contribution in [2.45, 2.75) is 25.8 Å². The number of ether oxygens (including phenoxy) is 1. The highest BCUT2D eigenvalue weighted by Gasteiger charge is 2.18. The normalized spacial score (nSPS) is 18.6. The Labute approximate surface area is 123 Å². The van der Waals surface area contributed by atoms with Gasteiger partial charge in [-0.3, -0.25) is 4.79 Å². The summed E-state index contributed by atoms with van der Waals surface area (Å²) in [5.74, 6) is -1.16. The van der Waals surface area contributed by atoms with Gasteiger partial charge < -0.3 is 15.2 Å².